The summed E-state index contributed by atoms with van der Waals surface area (Å²) in [6.07, 6.45) is 1.59. The third-order valence-electron chi connectivity index (χ3n) is 13.6. The van der Waals surface area contributed by atoms with E-state index < -0.39 is 0 Å². The van der Waals surface area contributed by atoms with Crippen molar-refractivity contribution in [1.82, 2.24) is 39.0 Å². The van der Waals surface area contributed by atoms with Crippen LogP contribution in [0.4, 0.5) is 0 Å². The molecular weight excluding hydrogens is 865 g/mol. The second-order valence-electron chi connectivity index (χ2n) is 23.2. The van der Waals surface area contributed by atoms with Gasteiger partial charge in [-0.05, 0) is 107 Å². The van der Waals surface area contributed by atoms with Crippen LogP contribution >= 0.6 is 0 Å². The number of phenols is 2. The molecule has 2 N–H and O–H groups in total. The number of rotatable bonds is 6. The van der Waals surface area contributed by atoms with E-state index >= 15 is 0 Å². The molecule has 0 saturated heterocycles. The van der Waals surface area contributed by atoms with Gasteiger partial charge in [0.15, 0.2) is 0 Å². The maximum Gasteiger partial charge on any atom is 0.144 e. The number of aromatic hydroxyl groups is 2. The number of hydrogen-bond acceptors (Lipinski definition) is 8. The summed E-state index contributed by atoms with van der Waals surface area (Å²) >= 11 is 0. The first-order valence-electron chi connectivity index (χ1n) is 24.2. The van der Waals surface area contributed by atoms with E-state index in [0.29, 0.717) is 28.6 Å². The number of aryl methyl sites for hydroxylation is 4. The van der Waals surface area contributed by atoms with Crippen molar-refractivity contribution in [2.24, 2.45) is 14.1 Å². The van der Waals surface area contributed by atoms with Crippen molar-refractivity contribution in [2.75, 3.05) is 0 Å². The number of hydrogen-bond donors (Lipinski definition) is 2. The van der Waals surface area contributed by atoms with Crippen LogP contribution < -0.4 is 0 Å². The van der Waals surface area contributed by atoms with Crippen molar-refractivity contribution in [3.63, 3.8) is 0 Å². The van der Waals surface area contributed by atoms with Gasteiger partial charge in [0, 0.05) is 53.3 Å². The predicted octanol–water partition coefficient (Wildman–Crippen LogP) is 14.3. The van der Waals surface area contributed by atoms with E-state index in [0.717, 1.165) is 94.9 Å². The number of imidazole rings is 2. The van der Waals surface area contributed by atoms with Crippen LogP contribution in [-0.4, -0.2) is 49.3 Å². The largest absolute Gasteiger partial charge is 0.507 e. The maximum atomic E-state index is 11.9. The van der Waals surface area contributed by atoms with Crippen LogP contribution in [0, 0.1) is 13.8 Å². The first kappa shape index (κ1) is 47.8. The average molecular weight is 931 g/mol. The Hall–Kier alpha value is -7.20. The number of pyridine rings is 2. The molecule has 9 rings (SSSR count). The molecule has 0 aliphatic rings. The molecule has 9 aromatic rings. The van der Waals surface area contributed by atoms with Crippen molar-refractivity contribution in [1.29, 1.82) is 0 Å². The molecule has 10 heteroatoms. The van der Waals surface area contributed by atoms with Gasteiger partial charge in [-0.3, -0.25) is 9.97 Å². The van der Waals surface area contributed by atoms with Gasteiger partial charge in [0.2, 0.25) is 0 Å². The number of fused-ring (bicyclic) bond motifs is 2. The van der Waals surface area contributed by atoms with Gasteiger partial charge >= 0.3 is 0 Å². The highest BCUT2D eigenvalue weighted by atomic mass is 16.3. The van der Waals surface area contributed by atoms with E-state index in [9.17, 15) is 10.2 Å². The van der Waals surface area contributed by atoms with Crippen LogP contribution in [0.2, 0.25) is 0 Å². The molecule has 0 saturated carbocycles. The third kappa shape index (κ3) is 8.62. The number of aromatic nitrogens is 8. The van der Waals surface area contributed by atoms with Crippen LogP contribution in [0.25, 0.3) is 89.9 Å². The molecular formula is C60H66N8O2. The summed E-state index contributed by atoms with van der Waals surface area (Å²) in [5.41, 5.74) is 16.4. The van der Waals surface area contributed by atoms with Gasteiger partial charge in [-0.1, -0.05) is 119 Å². The molecule has 0 aliphatic heterocycles. The molecule has 4 aromatic carbocycles. The minimum Gasteiger partial charge on any atom is -0.507 e. The van der Waals surface area contributed by atoms with Crippen molar-refractivity contribution >= 4 is 22.1 Å². The molecule has 0 radical (unpaired) electrons. The zero-order valence-corrected chi connectivity index (χ0v) is 43.7. The smallest absolute Gasteiger partial charge is 0.144 e. The molecule has 0 bridgehead atoms. The van der Waals surface area contributed by atoms with Crippen molar-refractivity contribution < 1.29 is 10.2 Å². The molecule has 0 fully saturated rings. The molecule has 5 heterocycles. The fraction of sp³-hybridized carbons (Fsp3) is 0.333. The van der Waals surface area contributed by atoms with Crippen LogP contribution in [0.5, 0.6) is 11.5 Å². The Kier molecular flexibility index (Phi) is 11.4. The lowest BCUT2D eigenvalue weighted by Gasteiger charge is -2.27. The van der Waals surface area contributed by atoms with E-state index in [2.05, 4.69) is 165 Å². The molecule has 0 atom stereocenters. The zero-order chi connectivity index (χ0) is 50.6. The lowest BCUT2D eigenvalue weighted by atomic mass is 9.79. The van der Waals surface area contributed by atoms with E-state index in [-0.39, 0.29) is 33.2 Å². The molecule has 5 aromatic heterocycles. The summed E-state index contributed by atoms with van der Waals surface area (Å²) in [7, 11) is 4.02. The second kappa shape index (κ2) is 16.7. The molecule has 10 nitrogen and oxygen atoms in total. The molecule has 0 unspecified atom stereocenters. The van der Waals surface area contributed by atoms with E-state index in [1.165, 1.54) is 0 Å². The van der Waals surface area contributed by atoms with Gasteiger partial charge in [-0.15, -0.1) is 0 Å². The summed E-state index contributed by atoms with van der Waals surface area (Å²) in [5.74, 6) is 1.90. The minimum absolute atomic E-state index is 0.134. The van der Waals surface area contributed by atoms with Crippen LogP contribution in [-0.2, 0) is 35.8 Å². The highest BCUT2D eigenvalue weighted by Gasteiger charge is 2.30. The standard InChI is InChI=1S/C60H66N8O2/c1-33-23-35(39-19-17-21-49-51(39)65-55(67(49)15)41-27-37(57(3,4)5)29-43(53(41)69)59(9,10)11)25-48(64-33)47-31-45(61-32-62-47)36-24-34(2)63-46(26-36)40-20-18-22-50-52(40)66-56(68(50)16)42-28-38(58(6,7)8)30-44(54(42)70)60(12,13)14/h17-32,69-70H,1-16H3. The van der Waals surface area contributed by atoms with Crippen LogP contribution in [0.15, 0.2) is 97.3 Å². The topological polar surface area (TPSA) is 128 Å². The first-order valence-corrected chi connectivity index (χ1v) is 24.2. The monoisotopic (exact) mass is 931 g/mol. The lowest BCUT2D eigenvalue weighted by Crippen LogP contribution is -2.17. The van der Waals surface area contributed by atoms with Gasteiger partial charge in [0.1, 0.15) is 29.5 Å². The molecule has 0 amide bonds. The number of benzene rings is 4. The van der Waals surface area contributed by atoms with Crippen LogP contribution in [0.3, 0.4) is 0 Å². The quantitative estimate of drug-likeness (QED) is 0.169. The third-order valence-corrected chi connectivity index (χ3v) is 13.6. The summed E-state index contributed by atoms with van der Waals surface area (Å²) in [4.78, 5) is 30.2. The average Bonchev–Trinajstić information content (AvgIpc) is 3.80. The summed E-state index contributed by atoms with van der Waals surface area (Å²) < 4.78 is 4.14. The number of para-hydroxylation sites is 2. The Morgan fingerprint density at radius 1 is 0.414 bits per heavy atom. The fourth-order valence-electron chi connectivity index (χ4n) is 9.53. The van der Waals surface area contributed by atoms with E-state index in [1.807, 2.05) is 46.1 Å². The number of nitrogens with zero attached hydrogens (tertiary/aromatic N) is 8. The Morgan fingerprint density at radius 3 is 1.36 bits per heavy atom. The van der Waals surface area contributed by atoms with Gasteiger partial charge in [0.25, 0.3) is 0 Å². The van der Waals surface area contributed by atoms with Gasteiger partial charge in [-0.2, -0.15) is 0 Å². The maximum absolute atomic E-state index is 11.9. The van der Waals surface area contributed by atoms with Crippen molar-refractivity contribution in [2.45, 2.75) is 119 Å². The van der Waals surface area contributed by atoms with Gasteiger partial charge in [0.05, 0.1) is 56.0 Å². The van der Waals surface area contributed by atoms with E-state index in [1.54, 1.807) is 6.33 Å². The molecule has 358 valence electrons. The number of phenolic OH excluding ortho intramolecular Hbond substituents is 2. The van der Waals surface area contributed by atoms with Crippen molar-refractivity contribution in [3.8, 4) is 79.3 Å². The van der Waals surface area contributed by atoms with Gasteiger partial charge in [-0.25, -0.2) is 19.9 Å². The predicted molar refractivity (Wildman–Crippen MR) is 286 cm³/mol. The first-order chi connectivity index (χ1) is 32.7. The highest BCUT2D eigenvalue weighted by Crippen LogP contribution is 2.45. The fourth-order valence-corrected chi connectivity index (χ4v) is 9.53. The zero-order valence-electron chi connectivity index (χ0n) is 43.7. The Balaban J connectivity index is 1.11. The summed E-state index contributed by atoms with van der Waals surface area (Å²) in [5, 5.41) is 23.7. The van der Waals surface area contributed by atoms with E-state index in [4.69, 9.17) is 29.9 Å². The van der Waals surface area contributed by atoms with Crippen LogP contribution in [0.1, 0.15) is 117 Å². The molecule has 0 aliphatic carbocycles. The van der Waals surface area contributed by atoms with Crippen molar-refractivity contribution in [3.05, 3.63) is 131 Å². The normalized spacial score (nSPS) is 12.7. The summed E-state index contributed by atoms with van der Waals surface area (Å²) in [6, 6.07) is 31.1. The second-order valence-corrected chi connectivity index (χ2v) is 23.2. The Morgan fingerprint density at radius 2 is 0.857 bits per heavy atom. The molecule has 70 heavy (non-hydrogen) atoms. The Bertz CT molecular complexity index is 3320. The molecule has 0 spiro atoms. The lowest BCUT2D eigenvalue weighted by molar-refractivity contribution is 0.445. The minimum atomic E-state index is -0.279. The summed E-state index contributed by atoms with van der Waals surface area (Å²) in [6.45, 7) is 30.0. The Labute approximate surface area is 412 Å². The van der Waals surface area contributed by atoms with Gasteiger partial charge < -0.3 is 19.3 Å². The highest BCUT2D eigenvalue weighted by molar-refractivity contribution is 5.96. The SMILES string of the molecule is Cc1cc(-c2cccc3c2nc(-c2cc(C(C)(C)C)cc(C(C)(C)C)c2O)n3C)cc(-c2cc(-c3cc(C)nc(-c4cccc5c4nc(-c4cc(C(C)(C)C)cc(C(C)(C)C)c4O)n5C)c3)ncn2)n1.